The average Bonchev–Trinajstić information content (AvgIpc) is 3.45. The Labute approximate surface area is 195 Å². The molecule has 0 spiro atoms. The highest BCUT2D eigenvalue weighted by atomic mass is 32.1. The van der Waals surface area contributed by atoms with E-state index in [1.807, 2.05) is 6.92 Å². The highest BCUT2D eigenvalue weighted by molar-refractivity contribution is 7.14. The van der Waals surface area contributed by atoms with Gasteiger partial charge in [0.15, 0.2) is 5.13 Å². The van der Waals surface area contributed by atoms with Gasteiger partial charge >= 0.3 is 5.91 Å². The lowest BCUT2D eigenvalue weighted by Gasteiger charge is -2.23. The SMILES string of the molecule is C=CCOc1ccc(C2C(=C(O)c3cccc(OCC)c3)C(=O)C(=O)N2c2nccs2)cc1. The molecule has 1 atom stereocenters. The van der Waals surface area contributed by atoms with Gasteiger partial charge in [0.1, 0.15) is 23.9 Å². The minimum atomic E-state index is -0.847. The molecule has 1 N–H and O–H groups in total. The summed E-state index contributed by atoms with van der Waals surface area (Å²) in [4.78, 5) is 31.7. The smallest absolute Gasteiger partial charge is 0.301 e. The summed E-state index contributed by atoms with van der Waals surface area (Å²) < 4.78 is 11.1. The number of benzene rings is 2. The highest BCUT2D eigenvalue weighted by Crippen LogP contribution is 2.43. The molecule has 1 unspecified atom stereocenters. The van der Waals surface area contributed by atoms with E-state index >= 15 is 0 Å². The van der Waals surface area contributed by atoms with Crippen LogP contribution in [0.15, 0.2) is 78.3 Å². The third kappa shape index (κ3) is 4.38. The van der Waals surface area contributed by atoms with Gasteiger partial charge in [0.2, 0.25) is 0 Å². The zero-order valence-corrected chi connectivity index (χ0v) is 18.7. The molecule has 3 aromatic rings. The molecule has 1 fully saturated rings. The fraction of sp³-hybridized carbons (Fsp3) is 0.160. The maximum Gasteiger partial charge on any atom is 0.301 e. The number of thiazole rings is 1. The maximum atomic E-state index is 13.1. The van der Waals surface area contributed by atoms with Gasteiger partial charge in [0, 0.05) is 17.1 Å². The number of aliphatic hydroxyl groups is 1. The summed E-state index contributed by atoms with van der Waals surface area (Å²) in [7, 11) is 0. The van der Waals surface area contributed by atoms with Crippen molar-refractivity contribution in [3.63, 3.8) is 0 Å². The van der Waals surface area contributed by atoms with Crippen LogP contribution in [0.25, 0.3) is 5.76 Å². The highest BCUT2D eigenvalue weighted by Gasteiger charge is 2.48. The van der Waals surface area contributed by atoms with E-state index in [2.05, 4.69) is 11.6 Å². The van der Waals surface area contributed by atoms with Gasteiger partial charge in [-0.15, -0.1) is 11.3 Å². The van der Waals surface area contributed by atoms with Crippen molar-refractivity contribution in [2.75, 3.05) is 18.1 Å². The van der Waals surface area contributed by atoms with E-state index in [9.17, 15) is 14.7 Å². The fourth-order valence-corrected chi connectivity index (χ4v) is 4.30. The summed E-state index contributed by atoms with van der Waals surface area (Å²) in [5.41, 5.74) is 1.01. The third-order valence-corrected chi connectivity index (χ3v) is 5.82. The van der Waals surface area contributed by atoms with Crippen molar-refractivity contribution in [3.8, 4) is 11.5 Å². The van der Waals surface area contributed by atoms with Crippen LogP contribution in [-0.2, 0) is 9.59 Å². The number of rotatable bonds is 8. The summed E-state index contributed by atoms with van der Waals surface area (Å²) in [5, 5.41) is 13.3. The third-order valence-electron chi connectivity index (χ3n) is 5.05. The van der Waals surface area contributed by atoms with Gasteiger partial charge in [0.05, 0.1) is 18.2 Å². The number of hydrogen-bond acceptors (Lipinski definition) is 7. The van der Waals surface area contributed by atoms with Crippen LogP contribution in [0.2, 0.25) is 0 Å². The molecule has 168 valence electrons. The van der Waals surface area contributed by atoms with Crippen LogP contribution in [0, 0.1) is 0 Å². The topological polar surface area (TPSA) is 89.0 Å². The second-order valence-corrected chi connectivity index (χ2v) is 7.99. The van der Waals surface area contributed by atoms with Crippen LogP contribution in [0.1, 0.15) is 24.1 Å². The molecular formula is C25H22N2O5S. The number of ether oxygens (including phenoxy) is 2. The minimum absolute atomic E-state index is 0.0105. The monoisotopic (exact) mass is 462 g/mol. The Morgan fingerprint density at radius 1 is 1.18 bits per heavy atom. The van der Waals surface area contributed by atoms with E-state index < -0.39 is 17.7 Å². The summed E-state index contributed by atoms with van der Waals surface area (Å²) in [6.07, 6.45) is 3.20. The number of anilines is 1. The van der Waals surface area contributed by atoms with E-state index in [0.29, 0.717) is 41.0 Å². The van der Waals surface area contributed by atoms with Crippen LogP contribution >= 0.6 is 11.3 Å². The van der Waals surface area contributed by atoms with Gasteiger partial charge < -0.3 is 14.6 Å². The lowest BCUT2D eigenvalue weighted by molar-refractivity contribution is -0.132. The lowest BCUT2D eigenvalue weighted by atomic mass is 9.95. The lowest BCUT2D eigenvalue weighted by Crippen LogP contribution is -2.29. The second-order valence-electron chi connectivity index (χ2n) is 7.11. The van der Waals surface area contributed by atoms with Crippen molar-refractivity contribution >= 4 is 33.9 Å². The van der Waals surface area contributed by atoms with Gasteiger partial charge in [-0.1, -0.05) is 36.9 Å². The van der Waals surface area contributed by atoms with E-state index in [0.717, 1.165) is 0 Å². The Morgan fingerprint density at radius 3 is 2.64 bits per heavy atom. The number of aliphatic hydroxyl groups excluding tert-OH is 1. The van der Waals surface area contributed by atoms with Crippen molar-refractivity contribution < 1.29 is 24.2 Å². The number of aromatic nitrogens is 1. The van der Waals surface area contributed by atoms with Crippen LogP contribution < -0.4 is 14.4 Å². The number of amides is 1. The second kappa shape index (κ2) is 9.70. The quantitative estimate of drug-likeness (QED) is 0.225. The Hall–Kier alpha value is -3.91. The molecule has 0 radical (unpaired) electrons. The molecule has 0 aliphatic carbocycles. The first-order valence-corrected chi connectivity index (χ1v) is 11.2. The molecular weight excluding hydrogens is 440 g/mol. The molecule has 1 saturated heterocycles. The predicted molar refractivity (Wildman–Crippen MR) is 127 cm³/mol. The number of Topliss-reactive ketones (excluding diaryl/α,β-unsaturated/α-hetero) is 1. The van der Waals surface area contributed by atoms with Crippen LogP contribution in [0.3, 0.4) is 0 Å². The first kappa shape index (κ1) is 22.3. The molecule has 1 aliphatic rings. The van der Waals surface area contributed by atoms with Crippen LogP contribution in [0.5, 0.6) is 11.5 Å². The van der Waals surface area contributed by atoms with Crippen LogP contribution in [0.4, 0.5) is 5.13 Å². The standard InChI is InChI=1S/C25H22N2O5S/c1-3-13-32-18-10-8-16(9-11-18)21-20(22(28)17-6-5-7-19(15-17)31-4-2)23(29)24(30)27(21)25-26-12-14-33-25/h3,5-12,14-15,21,28H,1,4,13H2,2H3. The van der Waals surface area contributed by atoms with E-state index in [1.54, 1.807) is 66.2 Å². The normalized spacial score (nSPS) is 17.2. The van der Waals surface area contributed by atoms with Crippen molar-refractivity contribution in [2.45, 2.75) is 13.0 Å². The van der Waals surface area contributed by atoms with Gasteiger partial charge in [-0.2, -0.15) is 0 Å². The van der Waals surface area contributed by atoms with Crippen molar-refractivity contribution in [3.05, 3.63) is 89.5 Å². The van der Waals surface area contributed by atoms with Crippen molar-refractivity contribution in [1.29, 1.82) is 0 Å². The van der Waals surface area contributed by atoms with Crippen LogP contribution in [-0.4, -0.2) is 35.0 Å². The Bertz CT molecular complexity index is 1200. The van der Waals surface area contributed by atoms with Gasteiger partial charge in [-0.05, 0) is 36.8 Å². The molecule has 2 aromatic carbocycles. The van der Waals surface area contributed by atoms with Gasteiger partial charge in [-0.3, -0.25) is 14.5 Å². The number of nitrogens with zero attached hydrogens (tertiary/aromatic N) is 2. The predicted octanol–water partition coefficient (Wildman–Crippen LogP) is 4.73. The summed E-state index contributed by atoms with van der Waals surface area (Å²) >= 11 is 1.24. The Kier molecular flexibility index (Phi) is 6.55. The molecule has 8 heteroatoms. The number of carbonyl (C=O) groups excluding carboxylic acids is 2. The summed E-state index contributed by atoms with van der Waals surface area (Å²) in [6.45, 7) is 6.30. The average molecular weight is 463 g/mol. The van der Waals surface area contributed by atoms with Crippen molar-refractivity contribution in [2.24, 2.45) is 0 Å². The Morgan fingerprint density at radius 2 is 1.97 bits per heavy atom. The number of carbonyl (C=O) groups is 2. The zero-order valence-electron chi connectivity index (χ0n) is 17.9. The van der Waals surface area contributed by atoms with E-state index in [-0.39, 0.29) is 11.3 Å². The first-order valence-electron chi connectivity index (χ1n) is 10.3. The van der Waals surface area contributed by atoms with E-state index in [1.165, 1.54) is 16.2 Å². The van der Waals surface area contributed by atoms with Gasteiger partial charge in [0.25, 0.3) is 5.78 Å². The molecule has 0 saturated carbocycles. The molecule has 1 aromatic heterocycles. The summed E-state index contributed by atoms with van der Waals surface area (Å²) in [6, 6.07) is 13.0. The first-order chi connectivity index (χ1) is 16.0. The molecule has 1 aliphatic heterocycles. The number of ketones is 1. The fourth-order valence-electron chi connectivity index (χ4n) is 3.64. The van der Waals surface area contributed by atoms with E-state index in [4.69, 9.17) is 9.47 Å². The maximum absolute atomic E-state index is 13.1. The number of hydrogen-bond donors (Lipinski definition) is 1. The molecule has 4 rings (SSSR count). The molecule has 7 nitrogen and oxygen atoms in total. The molecule has 33 heavy (non-hydrogen) atoms. The zero-order chi connectivity index (χ0) is 23.4. The van der Waals surface area contributed by atoms with Crippen molar-refractivity contribution in [1.82, 2.24) is 4.98 Å². The molecule has 2 heterocycles. The minimum Gasteiger partial charge on any atom is -0.507 e. The molecule has 0 bridgehead atoms. The molecule has 1 amide bonds. The Balaban J connectivity index is 1.84. The summed E-state index contributed by atoms with van der Waals surface area (Å²) in [5.74, 6) is -0.623. The largest absolute Gasteiger partial charge is 0.507 e. The van der Waals surface area contributed by atoms with Gasteiger partial charge in [-0.25, -0.2) is 4.98 Å².